The molecule has 4 nitrogen and oxygen atoms in total. The molecule has 132 valence electrons. The van der Waals surface area contributed by atoms with Gasteiger partial charge >= 0.3 is 0 Å². The Morgan fingerprint density at radius 1 is 1.12 bits per heavy atom. The Morgan fingerprint density at radius 2 is 1.88 bits per heavy atom. The van der Waals surface area contributed by atoms with Crippen LogP contribution in [0.3, 0.4) is 0 Å². The lowest BCUT2D eigenvalue weighted by molar-refractivity contribution is 0.103. The molecule has 1 atom stereocenters. The summed E-state index contributed by atoms with van der Waals surface area (Å²) in [5.41, 5.74) is 0.733. The number of aromatic nitrogens is 1. The van der Waals surface area contributed by atoms with E-state index in [1.807, 2.05) is 0 Å². The molecule has 26 heavy (non-hydrogen) atoms. The number of rotatable bonds is 5. The number of ketones is 1. The fourth-order valence-electron chi connectivity index (χ4n) is 2.75. The molecule has 3 aromatic rings. The Hall–Kier alpha value is -1.79. The van der Waals surface area contributed by atoms with E-state index in [2.05, 4.69) is 5.16 Å². The summed E-state index contributed by atoms with van der Waals surface area (Å²) in [4.78, 5) is 13.9. The van der Waals surface area contributed by atoms with Crippen LogP contribution in [-0.2, 0) is 11.2 Å². The molecular formula is C19H13Cl2NO3S. The first-order chi connectivity index (χ1) is 12.5. The van der Waals surface area contributed by atoms with Crippen LogP contribution in [-0.4, -0.2) is 15.5 Å². The molecule has 4 rings (SSSR count). The second kappa shape index (κ2) is 7.08. The average Bonchev–Trinajstić information content (AvgIpc) is 3.37. The predicted molar refractivity (Wildman–Crippen MR) is 99.5 cm³/mol. The minimum Gasteiger partial charge on any atom is -0.606 e. The first-order valence-corrected chi connectivity index (χ1v) is 9.91. The van der Waals surface area contributed by atoms with Crippen LogP contribution in [0.2, 0.25) is 10.0 Å². The van der Waals surface area contributed by atoms with Gasteiger partial charge in [0.15, 0.2) is 15.6 Å². The molecule has 1 aliphatic carbocycles. The van der Waals surface area contributed by atoms with E-state index < -0.39 is 11.2 Å². The molecule has 1 unspecified atom stereocenters. The minimum atomic E-state index is -1.60. The topological polar surface area (TPSA) is 66.2 Å². The van der Waals surface area contributed by atoms with Gasteiger partial charge in [0.2, 0.25) is 5.78 Å². The number of halogens is 2. The van der Waals surface area contributed by atoms with Gasteiger partial charge in [-0.15, -0.1) is 0 Å². The average molecular weight is 406 g/mol. The zero-order chi connectivity index (χ0) is 18.3. The molecule has 1 saturated carbocycles. The van der Waals surface area contributed by atoms with Crippen molar-refractivity contribution in [3.05, 3.63) is 75.6 Å². The van der Waals surface area contributed by atoms with Crippen molar-refractivity contribution in [3.63, 3.8) is 0 Å². The molecule has 1 fully saturated rings. The summed E-state index contributed by atoms with van der Waals surface area (Å²) in [5, 5.41) is 4.65. The highest BCUT2D eigenvalue weighted by Gasteiger charge is 2.34. The normalized spacial score (nSPS) is 15.0. The van der Waals surface area contributed by atoms with Crippen molar-refractivity contribution in [2.24, 2.45) is 0 Å². The molecule has 0 radical (unpaired) electrons. The summed E-state index contributed by atoms with van der Waals surface area (Å²) in [6, 6.07) is 11.5. The zero-order valence-corrected chi connectivity index (χ0v) is 15.8. The van der Waals surface area contributed by atoms with E-state index in [1.54, 1.807) is 42.5 Å². The summed E-state index contributed by atoms with van der Waals surface area (Å²) in [6.45, 7) is 0. The van der Waals surface area contributed by atoms with Crippen molar-refractivity contribution in [2.45, 2.75) is 28.6 Å². The quantitative estimate of drug-likeness (QED) is 0.428. The first kappa shape index (κ1) is 17.6. The maximum absolute atomic E-state index is 13.1. The molecule has 0 spiro atoms. The lowest BCUT2D eigenvalue weighted by atomic mass is 10.0. The van der Waals surface area contributed by atoms with Crippen molar-refractivity contribution in [1.29, 1.82) is 0 Å². The van der Waals surface area contributed by atoms with E-state index in [0.717, 1.165) is 12.8 Å². The van der Waals surface area contributed by atoms with E-state index in [0.29, 0.717) is 36.7 Å². The maximum atomic E-state index is 13.1. The highest BCUT2D eigenvalue weighted by atomic mass is 35.5. The molecule has 1 heterocycles. The Labute approximate surface area is 163 Å². The van der Waals surface area contributed by atoms with Gasteiger partial charge in [-0.1, -0.05) is 34.4 Å². The van der Waals surface area contributed by atoms with E-state index in [4.69, 9.17) is 27.7 Å². The number of carbonyl (C=O) groups is 1. The van der Waals surface area contributed by atoms with E-state index in [-0.39, 0.29) is 11.7 Å². The minimum absolute atomic E-state index is 0.241. The van der Waals surface area contributed by atoms with Crippen LogP contribution in [0, 0.1) is 0 Å². The highest BCUT2D eigenvalue weighted by Crippen LogP contribution is 2.42. The van der Waals surface area contributed by atoms with Crippen LogP contribution >= 0.6 is 23.2 Å². The van der Waals surface area contributed by atoms with E-state index >= 15 is 0 Å². The van der Waals surface area contributed by atoms with Crippen LogP contribution in [0.5, 0.6) is 0 Å². The van der Waals surface area contributed by atoms with Gasteiger partial charge in [-0.25, -0.2) is 0 Å². The molecule has 1 aromatic heterocycles. The Balaban J connectivity index is 1.77. The van der Waals surface area contributed by atoms with Crippen LogP contribution in [0.1, 0.15) is 40.4 Å². The number of hydrogen-bond donors (Lipinski definition) is 0. The SMILES string of the molecule is O=C(c1ccc(Cl)cc1[S+]([O-])c1cccc(Cl)c1)c1cnoc1C1CC1. The van der Waals surface area contributed by atoms with Gasteiger partial charge in [0, 0.05) is 39.3 Å². The number of carbonyl (C=O) groups excluding carboxylic acids is 1. The maximum Gasteiger partial charge on any atom is 0.203 e. The summed E-state index contributed by atoms with van der Waals surface area (Å²) in [6.07, 6.45) is 3.39. The molecular weight excluding hydrogens is 393 g/mol. The third-order valence-electron chi connectivity index (χ3n) is 4.19. The number of benzene rings is 2. The van der Waals surface area contributed by atoms with Gasteiger partial charge in [0.1, 0.15) is 0 Å². The second-order valence-electron chi connectivity index (χ2n) is 6.07. The van der Waals surface area contributed by atoms with Crippen molar-refractivity contribution in [2.75, 3.05) is 0 Å². The highest BCUT2D eigenvalue weighted by molar-refractivity contribution is 7.91. The van der Waals surface area contributed by atoms with Crippen LogP contribution in [0.15, 0.2) is 63.0 Å². The summed E-state index contributed by atoms with van der Waals surface area (Å²) in [7, 11) is 0. The molecule has 0 amide bonds. The molecule has 0 saturated heterocycles. The summed E-state index contributed by atoms with van der Waals surface area (Å²) >= 11 is 10.5. The molecule has 0 N–H and O–H groups in total. The zero-order valence-electron chi connectivity index (χ0n) is 13.4. The van der Waals surface area contributed by atoms with Crippen molar-refractivity contribution < 1.29 is 13.9 Å². The van der Waals surface area contributed by atoms with Crippen LogP contribution in [0.4, 0.5) is 0 Å². The van der Waals surface area contributed by atoms with Crippen molar-refractivity contribution in [3.8, 4) is 0 Å². The largest absolute Gasteiger partial charge is 0.606 e. The Kier molecular flexibility index (Phi) is 4.80. The third-order valence-corrected chi connectivity index (χ3v) is 6.08. The predicted octanol–water partition coefficient (Wildman–Crippen LogP) is 5.26. The smallest absolute Gasteiger partial charge is 0.203 e. The standard InChI is InChI=1S/C19H13Cl2NO3S/c20-12-2-1-3-14(8-12)26(24)17-9-13(21)6-7-15(17)18(23)16-10-22-25-19(16)11-4-5-11/h1-3,6-11H,4-5H2. The van der Waals surface area contributed by atoms with Gasteiger partial charge in [0.05, 0.1) is 17.3 Å². The monoisotopic (exact) mass is 405 g/mol. The Morgan fingerprint density at radius 3 is 2.62 bits per heavy atom. The van der Waals surface area contributed by atoms with E-state index in [9.17, 15) is 9.35 Å². The van der Waals surface area contributed by atoms with E-state index in [1.165, 1.54) is 6.20 Å². The number of nitrogens with zero attached hydrogens (tertiary/aromatic N) is 1. The van der Waals surface area contributed by atoms with Crippen molar-refractivity contribution in [1.82, 2.24) is 5.16 Å². The molecule has 0 bridgehead atoms. The van der Waals surface area contributed by atoms with Gasteiger partial charge in [-0.3, -0.25) is 4.79 Å². The Bertz CT molecular complexity index is 984. The van der Waals surface area contributed by atoms with Crippen LogP contribution in [0.25, 0.3) is 0 Å². The third kappa shape index (κ3) is 3.40. The molecule has 0 aliphatic heterocycles. The fourth-order valence-corrected chi connectivity index (χ4v) is 4.53. The van der Waals surface area contributed by atoms with Gasteiger partial charge in [-0.05, 0) is 37.1 Å². The summed E-state index contributed by atoms with van der Waals surface area (Å²) < 4.78 is 18.3. The van der Waals surface area contributed by atoms with Gasteiger partial charge in [0.25, 0.3) is 0 Å². The fraction of sp³-hybridized carbons (Fsp3) is 0.158. The lowest BCUT2D eigenvalue weighted by Crippen LogP contribution is -2.11. The van der Waals surface area contributed by atoms with Gasteiger partial charge < -0.3 is 9.08 Å². The molecule has 1 aliphatic rings. The second-order valence-corrected chi connectivity index (χ2v) is 8.40. The van der Waals surface area contributed by atoms with Gasteiger partial charge in [-0.2, -0.15) is 0 Å². The summed E-state index contributed by atoms with van der Waals surface area (Å²) in [5.74, 6) is 0.574. The van der Waals surface area contributed by atoms with Crippen LogP contribution < -0.4 is 0 Å². The molecule has 2 aromatic carbocycles. The van der Waals surface area contributed by atoms with Crippen molar-refractivity contribution >= 4 is 40.2 Å². The molecule has 7 heteroatoms. The lowest BCUT2D eigenvalue weighted by Gasteiger charge is -2.14. The number of hydrogen-bond acceptors (Lipinski definition) is 4. The first-order valence-electron chi connectivity index (χ1n) is 8.01.